The lowest BCUT2D eigenvalue weighted by atomic mass is 9.99. The number of benzene rings is 1. The van der Waals surface area contributed by atoms with Crippen molar-refractivity contribution in [3.05, 3.63) is 36.0 Å². The number of carboxylic acids is 1. The highest BCUT2D eigenvalue weighted by atomic mass is 16.4. The predicted octanol–water partition coefficient (Wildman–Crippen LogP) is -3.13. The van der Waals surface area contributed by atoms with Crippen molar-refractivity contribution in [2.45, 2.75) is 154 Å². The number of aliphatic hydroxyl groups excluding tert-OH is 1. The minimum absolute atomic E-state index is 0.0203. The molecular weight excluding hydrogens is 939 g/mol. The van der Waals surface area contributed by atoms with Gasteiger partial charge in [0.15, 0.2) is 0 Å². The Labute approximate surface area is 419 Å². The van der Waals surface area contributed by atoms with Gasteiger partial charge in [0.1, 0.15) is 42.3 Å². The molecule has 0 saturated carbocycles. The fraction of sp³-hybridized carbons (Fsp3) is 0.617. The first-order valence-corrected chi connectivity index (χ1v) is 24.2. The fourth-order valence-corrected chi connectivity index (χ4v) is 7.41. The number of hydrogen-bond donors (Lipinski definition) is 15. The van der Waals surface area contributed by atoms with Crippen molar-refractivity contribution in [3.8, 4) is 0 Å². The SMILES string of the molecule is CC(C)C[C@H](NC(=O)[C@H](CC(N)=O)NC(=O)[C@H](CCCCN)NC(=O)CNC(=O)[C@H](Cc1c[nH]c2ccccc12)NC(=O)[C@@H](NC(=O)[C@@H](N)CCCCN)C(C)O)C(=O)N[C@H](C(=O)N[C@@H](C)C(=O)O)C(C)C. The number of carbonyl (C=O) groups excluding carboxylic acids is 9. The zero-order chi connectivity index (χ0) is 54.2. The number of unbranched alkanes of at least 4 members (excludes halogenated alkanes) is 2. The molecule has 1 aromatic heterocycles. The Morgan fingerprint density at radius 1 is 0.625 bits per heavy atom. The van der Waals surface area contributed by atoms with Crippen LogP contribution < -0.4 is 65.5 Å². The molecule has 0 radical (unpaired) electrons. The summed E-state index contributed by atoms with van der Waals surface area (Å²) < 4.78 is 0. The molecule has 72 heavy (non-hydrogen) atoms. The summed E-state index contributed by atoms with van der Waals surface area (Å²) in [6.45, 7) is 9.18. The lowest BCUT2D eigenvalue weighted by Gasteiger charge is -2.28. The molecule has 1 aromatic carbocycles. The van der Waals surface area contributed by atoms with Gasteiger partial charge in [-0.15, -0.1) is 0 Å². The van der Waals surface area contributed by atoms with E-state index in [1.165, 1.54) is 13.8 Å². The van der Waals surface area contributed by atoms with Crippen molar-refractivity contribution in [3.63, 3.8) is 0 Å². The molecule has 25 nitrogen and oxygen atoms in total. The quantitative estimate of drug-likeness (QED) is 0.0315. The molecule has 2 rings (SSSR count). The van der Waals surface area contributed by atoms with Crippen LogP contribution in [0.1, 0.15) is 98.5 Å². The van der Waals surface area contributed by atoms with Crippen LogP contribution in [0, 0.1) is 11.8 Å². The van der Waals surface area contributed by atoms with Crippen LogP contribution in [0.25, 0.3) is 10.9 Å². The number of aliphatic carboxylic acids is 1. The number of carbonyl (C=O) groups is 10. The number of aromatic amines is 1. The van der Waals surface area contributed by atoms with Crippen LogP contribution in [-0.2, 0) is 54.4 Å². The number of aliphatic hydroxyl groups is 1. The molecule has 2 aromatic rings. The summed E-state index contributed by atoms with van der Waals surface area (Å²) in [5, 5.41) is 40.4. The lowest BCUT2D eigenvalue weighted by Crippen LogP contribution is -2.60. The van der Waals surface area contributed by atoms with Crippen molar-refractivity contribution >= 4 is 70.0 Å². The molecule has 25 heteroatoms. The molecule has 9 atom stereocenters. The Morgan fingerprint density at radius 3 is 1.76 bits per heavy atom. The maximum absolute atomic E-state index is 13.9. The second kappa shape index (κ2) is 30.9. The minimum Gasteiger partial charge on any atom is -0.480 e. The van der Waals surface area contributed by atoms with Gasteiger partial charge in [-0.2, -0.15) is 0 Å². The molecule has 0 spiro atoms. The van der Waals surface area contributed by atoms with E-state index in [0.717, 1.165) is 10.9 Å². The third-order valence-corrected chi connectivity index (χ3v) is 11.5. The fourth-order valence-electron chi connectivity index (χ4n) is 7.41. The van der Waals surface area contributed by atoms with Gasteiger partial charge in [0.05, 0.1) is 25.1 Å². The maximum atomic E-state index is 13.9. The van der Waals surface area contributed by atoms with Gasteiger partial charge in [-0.1, -0.05) is 52.3 Å². The molecule has 0 bridgehead atoms. The molecule has 1 heterocycles. The third kappa shape index (κ3) is 20.9. The molecule has 19 N–H and O–H groups in total. The average molecular weight is 1020 g/mol. The number of para-hydroxylation sites is 1. The lowest BCUT2D eigenvalue weighted by molar-refractivity contribution is -0.142. The number of rotatable bonds is 33. The van der Waals surface area contributed by atoms with Crippen molar-refractivity contribution in [1.82, 2.24) is 47.5 Å². The summed E-state index contributed by atoms with van der Waals surface area (Å²) in [5.41, 5.74) is 24.1. The smallest absolute Gasteiger partial charge is 0.325 e. The summed E-state index contributed by atoms with van der Waals surface area (Å²) in [4.78, 5) is 135. The summed E-state index contributed by atoms with van der Waals surface area (Å²) in [5.74, 6) is -9.91. The van der Waals surface area contributed by atoms with Crippen molar-refractivity contribution in [2.24, 2.45) is 34.8 Å². The summed E-state index contributed by atoms with van der Waals surface area (Å²) in [6.07, 6.45) is 1.54. The Bertz CT molecular complexity index is 2170. The monoisotopic (exact) mass is 1020 g/mol. The first-order chi connectivity index (χ1) is 33.9. The summed E-state index contributed by atoms with van der Waals surface area (Å²) >= 11 is 0. The predicted molar refractivity (Wildman–Crippen MR) is 265 cm³/mol. The standard InChI is InChI=1S/C47H77N13O12/c1-24(2)19-33(44(68)59-38(25(3)4)45(69)54-26(5)47(71)72)56-43(67)35(21-36(51)62)57-42(66)32(16-10-12-18-49)55-37(63)23-53-41(65)34(20-28-22-52-31-15-8-7-13-29(28)31)58-46(70)39(27(6)61)60-40(64)30(50)14-9-11-17-48/h7-8,13,15,22,24-27,30,32-35,38-39,52,61H,9-12,14,16-21,23,48-50H2,1-6H3,(H2,51,62)(H,53,65)(H,54,69)(H,55,63)(H,56,67)(H,57,66)(H,58,70)(H,59,68)(H,60,64)(H,71,72)/t26-,27?,30-,32-,33-,34-,35-,38-,39-/m0/s1. The van der Waals surface area contributed by atoms with E-state index in [1.807, 2.05) is 0 Å². The number of carboxylic acid groups (broad SMARTS) is 1. The Hall–Kier alpha value is -6.70. The third-order valence-electron chi connectivity index (χ3n) is 11.5. The van der Waals surface area contributed by atoms with Gasteiger partial charge in [-0.25, -0.2) is 0 Å². The van der Waals surface area contributed by atoms with Gasteiger partial charge in [0.25, 0.3) is 0 Å². The van der Waals surface area contributed by atoms with Crippen LogP contribution in [0.4, 0.5) is 0 Å². The van der Waals surface area contributed by atoms with Gasteiger partial charge in [0.2, 0.25) is 53.2 Å². The van der Waals surface area contributed by atoms with Crippen LogP contribution in [-0.4, -0.2) is 148 Å². The van der Waals surface area contributed by atoms with Crippen LogP contribution in [0.3, 0.4) is 0 Å². The zero-order valence-corrected chi connectivity index (χ0v) is 42.0. The number of nitrogens with two attached hydrogens (primary N) is 4. The maximum Gasteiger partial charge on any atom is 0.325 e. The van der Waals surface area contributed by atoms with Gasteiger partial charge < -0.3 is 80.7 Å². The molecule has 0 aliphatic rings. The number of fused-ring (bicyclic) bond motifs is 1. The number of hydrogen-bond acceptors (Lipinski definition) is 14. The molecular formula is C47H77N13O12. The normalized spacial score (nSPS) is 15.1. The highest BCUT2D eigenvalue weighted by Crippen LogP contribution is 2.20. The molecule has 9 amide bonds. The van der Waals surface area contributed by atoms with Crippen molar-refractivity contribution in [2.75, 3.05) is 19.6 Å². The molecule has 0 fully saturated rings. The van der Waals surface area contributed by atoms with Crippen molar-refractivity contribution in [1.29, 1.82) is 0 Å². The molecule has 0 aliphatic heterocycles. The Morgan fingerprint density at radius 2 is 1.18 bits per heavy atom. The van der Waals surface area contributed by atoms with E-state index in [-0.39, 0.29) is 38.1 Å². The molecule has 402 valence electrons. The first kappa shape index (κ1) is 61.4. The van der Waals surface area contributed by atoms with E-state index in [2.05, 4.69) is 47.5 Å². The average Bonchev–Trinajstić information content (AvgIpc) is 3.72. The van der Waals surface area contributed by atoms with Crippen molar-refractivity contribution < 1.29 is 58.2 Å². The molecule has 1 unspecified atom stereocenters. The van der Waals surface area contributed by atoms with E-state index in [4.69, 9.17) is 22.9 Å². The minimum atomic E-state index is -1.66. The second-order valence-electron chi connectivity index (χ2n) is 18.6. The van der Waals surface area contributed by atoms with Crippen LogP contribution in [0.2, 0.25) is 0 Å². The van der Waals surface area contributed by atoms with Crippen LogP contribution >= 0.6 is 0 Å². The Balaban J connectivity index is 2.33. The number of primary amides is 1. The van der Waals surface area contributed by atoms with E-state index in [9.17, 15) is 58.2 Å². The molecule has 0 saturated heterocycles. The number of H-pyrrole nitrogens is 1. The van der Waals surface area contributed by atoms with Gasteiger partial charge in [-0.3, -0.25) is 47.9 Å². The Kier molecular flexibility index (Phi) is 26.4. The second-order valence-corrected chi connectivity index (χ2v) is 18.6. The van der Waals surface area contributed by atoms with Crippen LogP contribution in [0.5, 0.6) is 0 Å². The molecule has 0 aliphatic carbocycles. The van der Waals surface area contributed by atoms with Gasteiger partial charge in [0, 0.05) is 23.5 Å². The summed E-state index contributed by atoms with van der Waals surface area (Å²) in [6, 6.07) is -3.55. The van der Waals surface area contributed by atoms with E-state index >= 15 is 0 Å². The highest BCUT2D eigenvalue weighted by Gasteiger charge is 2.35. The highest BCUT2D eigenvalue weighted by molar-refractivity contribution is 5.99. The van der Waals surface area contributed by atoms with Gasteiger partial charge in [-0.05, 0) is 88.9 Å². The van der Waals surface area contributed by atoms with Gasteiger partial charge >= 0.3 is 5.97 Å². The van der Waals surface area contributed by atoms with E-state index in [0.29, 0.717) is 37.8 Å². The van der Waals surface area contributed by atoms with Crippen LogP contribution in [0.15, 0.2) is 30.5 Å². The summed E-state index contributed by atoms with van der Waals surface area (Å²) in [7, 11) is 0. The number of aromatic nitrogens is 1. The zero-order valence-electron chi connectivity index (χ0n) is 42.0. The van der Waals surface area contributed by atoms with E-state index < -0.39 is 132 Å². The first-order valence-electron chi connectivity index (χ1n) is 24.2. The number of nitrogens with one attached hydrogen (secondary N) is 9. The van der Waals surface area contributed by atoms with E-state index in [1.54, 1.807) is 58.2 Å². The number of amides is 9. The largest absolute Gasteiger partial charge is 0.480 e. The topological polar surface area (TPSA) is 427 Å².